The number of anilines is 1. The average molecular weight is 445 g/mol. The van der Waals surface area contributed by atoms with Gasteiger partial charge >= 0.3 is 6.18 Å². The molecule has 166 valence electrons. The molecule has 0 radical (unpaired) electrons. The van der Waals surface area contributed by atoms with E-state index in [4.69, 9.17) is 0 Å². The Kier molecular flexibility index (Phi) is 11.0. The zero-order chi connectivity index (χ0) is 22.6. The Balaban J connectivity index is 0.00000218. The lowest BCUT2D eigenvalue weighted by Gasteiger charge is -2.06. The van der Waals surface area contributed by atoms with Gasteiger partial charge in [0.05, 0.1) is 23.2 Å². The van der Waals surface area contributed by atoms with Gasteiger partial charge in [-0.1, -0.05) is 32.4 Å². The standard InChI is InChI=1S/C18H21F3N4O2S.C2H6/c19-18(20,21)13-7-5-12(6-8-13)14-10-23-17(24-14)25-15(26)4-2-1-3-9-22-16(27)11-28;1-2/h5-8,10,28H,1-4,9,11H2,(H,22,27)(H2,23,24,25,26);1-2H3. The van der Waals surface area contributed by atoms with Gasteiger partial charge in [-0.05, 0) is 30.5 Å². The van der Waals surface area contributed by atoms with Crippen molar-refractivity contribution < 1.29 is 22.8 Å². The lowest BCUT2D eigenvalue weighted by atomic mass is 10.1. The highest BCUT2D eigenvalue weighted by Gasteiger charge is 2.30. The monoisotopic (exact) mass is 444 g/mol. The van der Waals surface area contributed by atoms with Crippen LogP contribution in [0.15, 0.2) is 30.5 Å². The number of carbonyl (C=O) groups excluding carboxylic acids is 2. The van der Waals surface area contributed by atoms with E-state index >= 15 is 0 Å². The Morgan fingerprint density at radius 2 is 1.73 bits per heavy atom. The molecule has 0 aliphatic rings. The van der Waals surface area contributed by atoms with Gasteiger partial charge in [-0.3, -0.25) is 14.9 Å². The second-order valence-corrected chi connectivity index (χ2v) is 6.40. The van der Waals surface area contributed by atoms with E-state index in [0.717, 1.165) is 25.0 Å². The van der Waals surface area contributed by atoms with Crippen molar-refractivity contribution in [1.82, 2.24) is 15.3 Å². The van der Waals surface area contributed by atoms with Crippen LogP contribution < -0.4 is 10.6 Å². The van der Waals surface area contributed by atoms with Crippen molar-refractivity contribution in [2.45, 2.75) is 45.7 Å². The van der Waals surface area contributed by atoms with Crippen LogP contribution in [0.4, 0.5) is 19.1 Å². The molecule has 0 aliphatic carbocycles. The number of aromatic amines is 1. The van der Waals surface area contributed by atoms with Gasteiger partial charge in [-0.2, -0.15) is 25.8 Å². The minimum Gasteiger partial charge on any atom is -0.355 e. The minimum atomic E-state index is -4.39. The number of rotatable bonds is 9. The number of hydrogen-bond donors (Lipinski definition) is 4. The molecule has 1 heterocycles. The molecule has 0 atom stereocenters. The fourth-order valence-electron chi connectivity index (χ4n) is 2.44. The highest BCUT2D eigenvalue weighted by atomic mass is 32.1. The fraction of sp³-hybridized carbons (Fsp3) is 0.450. The summed E-state index contributed by atoms with van der Waals surface area (Å²) in [6.45, 7) is 4.55. The molecule has 1 aromatic heterocycles. The van der Waals surface area contributed by atoms with Crippen molar-refractivity contribution in [2.24, 2.45) is 0 Å². The molecule has 3 N–H and O–H groups in total. The van der Waals surface area contributed by atoms with Gasteiger partial charge < -0.3 is 10.3 Å². The van der Waals surface area contributed by atoms with Crippen molar-refractivity contribution in [3.8, 4) is 11.3 Å². The van der Waals surface area contributed by atoms with Crippen LogP contribution in [0.1, 0.15) is 45.1 Å². The van der Waals surface area contributed by atoms with Crippen molar-refractivity contribution in [1.29, 1.82) is 0 Å². The average Bonchev–Trinajstić information content (AvgIpc) is 3.19. The Morgan fingerprint density at radius 3 is 2.33 bits per heavy atom. The zero-order valence-electron chi connectivity index (χ0n) is 17.0. The van der Waals surface area contributed by atoms with E-state index in [0.29, 0.717) is 30.6 Å². The maximum absolute atomic E-state index is 12.6. The van der Waals surface area contributed by atoms with Crippen LogP contribution in [0.3, 0.4) is 0 Å². The third kappa shape index (κ3) is 8.89. The summed E-state index contributed by atoms with van der Waals surface area (Å²) in [6.07, 6.45) is -0.418. The fourth-order valence-corrected chi connectivity index (χ4v) is 2.55. The predicted molar refractivity (Wildman–Crippen MR) is 114 cm³/mol. The van der Waals surface area contributed by atoms with E-state index in [9.17, 15) is 22.8 Å². The molecule has 2 amide bonds. The first-order chi connectivity index (χ1) is 14.3. The first-order valence-corrected chi connectivity index (χ1v) is 10.3. The number of alkyl halides is 3. The second kappa shape index (κ2) is 12.9. The SMILES string of the molecule is CC.O=C(CS)NCCCCCC(=O)Nc1ncc(-c2ccc(C(F)(F)F)cc2)[nH]1. The second-order valence-electron chi connectivity index (χ2n) is 6.09. The van der Waals surface area contributed by atoms with E-state index < -0.39 is 11.7 Å². The predicted octanol–water partition coefficient (Wildman–Crippen LogP) is 4.67. The number of nitrogens with zero attached hydrogens (tertiary/aromatic N) is 1. The summed E-state index contributed by atoms with van der Waals surface area (Å²) in [5.74, 6) is 0.0522. The summed E-state index contributed by atoms with van der Waals surface area (Å²) in [7, 11) is 0. The first kappa shape index (κ1) is 25.5. The normalized spacial score (nSPS) is 10.7. The lowest BCUT2D eigenvalue weighted by Crippen LogP contribution is -2.25. The Bertz CT molecular complexity index is 792. The number of H-pyrrole nitrogens is 1. The van der Waals surface area contributed by atoms with E-state index in [2.05, 4.69) is 33.2 Å². The van der Waals surface area contributed by atoms with Gasteiger partial charge in [0.25, 0.3) is 0 Å². The molecule has 2 rings (SSSR count). The molecule has 0 spiro atoms. The number of halogens is 3. The van der Waals surface area contributed by atoms with Crippen LogP contribution in [0.2, 0.25) is 0 Å². The van der Waals surface area contributed by atoms with Crippen LogP contribution in [-0.4, -0.2) is 34.1 Å². The molecule has 0 saturated carbocycles. The van der Waals surface area contributed by atoms with E-state index in [1.54, 1.807) is 0 Å². The van der Waals surface area contributed by atoms with Gasteiger partial charge in [-0.15, -0.1) is 0 Å². The van der Waals surface area contributed by atoms with Crippen LogP contribution in [0.25, 0.3) is 11.3 Å². The van der Waals surface area contributed by atoms with Gasteiger partial charge in [0.15, 0.2) is 0 Å². The molecule has 0 fully saturated rings. The van der Waals surface area contributed by atoms with Gasteiger partial charge in [0.1, 0.15) is 0 Å². The maximum Gasteiger partial charge on any atom is 0.416 e. The van der Waals surface area contributed by atoms with Crippen LogP contribution in [0.5, 0.6) is 0 Å². The molecule has 0 aliphatic heterocycles. The topological polar surface area (TPSA) is 86.9 Å². The molecule has 0 saturated heterocycles. The third-order valence-electron chi connectivity index (χ3n) is 3.90. The van der Waals surface area contributed by atoms with Crippen LogP contribution in [0, 0.1) is 0 Å². The summed E-state index contributed by atoms with van der Waals surface area (Å²) in [5, 5.41) is 5.32. The molecule has 30 heavy (non-hydrogen) atoms. The number of thiol groups is 1. The number of unbranched alkanes of at least 4 members (excludes halogenated alkanes) is 2. The minimum absolute atomic E-state index is 0.122. The number of carbonyl (C=O) groups is 2. The van der Waals surface area contributed by atoms with Gasteiger partial charge in [0.2, 0.25) is 17.8 Å². The van der Waals surface area contributed by atoms with E-state index in [1.807, 2.05) is 13.8 Å². The summed E-state index contributed by atoms with van der Waals surface area (Å²) in [6, 6.07) is 4.67. The first-order valence-electron chi connectivity index (χ1n) is 9.69. The molecule has 0 bridgehead atoms. The van der Waals surface area contributed by atoms with Gasteiger partial charge in [-0.25, -0.2) is 4.98 Å². The van der Waals surface area contributed by atoms with E-state index in [1.165, 1.54) is 18.3 Å². The summed E-state index contributed by atoms with van der Waals surface area (Å²) < 4.78 is 37.8. The number of benzene rings is 1. The van der Waals surface area contributed by atoms with Gasteiger partial charge in [0, 0.05) is 13.0 Å². The molecule has 1 aromatic carbocycles. The molecular formula is C20H27F3N4O2S. The van der Waals surface area contributed by atoms with Crippen molar-refractivity contribution >= 4 is 30.4 Å². The summed E-state index contributed by atoms with van der Waals surface area (Å²) in [4.78, 5) is 29.8. The van der Waals surface area contributed by atoms with Crippen LogP contribution >= 0.6 is 12.6 Å². The Labute approximate surface area is 179 Å². The lowest BCUT2D eigenvalue weighted by molar-refractivity contribution is -0.137. The molecule has 6 nitrogen and oxygen atoms in total. The highest BCUT2D eigenvalue weighted by Crippen LogP contribution is 2.30. The smallest absolute Gasteiger partial charge is 0.355 e. The van der Waals surface area contributed by atoms with Crippen molar-refractivity contribution in [2.75, 3.05) is 17.6 Å². The number of imidazole rings is 1. The maximum atomic E-state index is 12.6. The quantitative estimate of drug-likeness (QED) is 0.335. The molecule has 2 aromatic rings. The van der Waals surface area contributed by atoms with Crippen LogP contribution in [-0.2, 0) is 15.8 Å². The molecule has 0 unspecified atom stereocenters. The van der Waals surface area contributed by atoms with E-state index in [-0.39, 0.29) is 23.5 Å². The largest absolute Gasteiger partial charge is 0.416 e. The number of nitrogens with one attached hydrogen (secondary N) is 3. The Hall–Kier alpha value is -2.49. The molecule has 10 heteroatoms. The number of hydrogen-bond acceptors (Lipinski definition) is 4. The summed E-state index contributed by atoms with van der Waals surface area (Å²) in [5.41, 5.74) is 0.308. The molecular weight excluding hydrogens is 417 g/mol. The summed E-state index contributed by atoms with van der Waals surface area (Å²) >= 11 is 3.85. The van der Waals surface area contributed by atoms with Crippen molar-refractivity contribution in [3.63, 3.8) is 0 Å². The third-order valence-corrected chi connectivity index (χ3v) is 4.19. The zero-order valence-corrected chi connectivity index (χ0v) is 17.9. The van der Waals surface area contributed by atoms with Crippen molar-refractivity contribution in [3.05, 3.63) is 36.0 Å². The number of amides is 2. The Morgan fingerprint density at radius 1 is 1.07 bits per heavy atom. The number of aromatic nitrogens is 2. The highest BCUT2D eigenvalue weighted by molar-refractivity contribution is 7.81.